The Balaban J connectivity index is 1.47. The molecule has 1 aromatic rings. The van der Waals surface area contributed by atoms with Gasteiger partial charge in [0.05, 0.1) is 10.4 Å². The number of hydrogen-bond acceptors (Lipinski definition) is 2. The molecule has 2 aliphatic rings. The molecule has 0 radical (unpaired) electrons. The van der Waals surface area contributed by atoms with Crippen molar-refractivity contribution in [3.05, 3.63) is 34.1 Å². The fraction of sp³-hybridized carbons (Fsp3) is 0.600. The molecule has 1 atom stereocenters. The summed E-state index contributed by atoms with van der Waals surface area (Å²) in [7, 11) is 0. The number of amides is 2. The van der Waals surface area contributed by atoms with Crippen LogP contribution in [0.2, 0.25) is 0 Å². The van der Waals surface area contributed by atoms with E-state index in [1.54, 1.807) is 0 Å². The molecule has 2 fully saturated rings. The standard InChI is InChI=1S/C20H26BrFN2O2/c1-2-4-19(25)24-8-3-5-14(12-24)20(26)23-16-9-15(10-16)13-6-7-18(22)17(21)11-13/h6-7,11,14-16H,2-5,8-10,12H2,1H3,(H,23,26). The van der Waals surface area contributed by atoms with Crippen molar-refractivity contribution >= 4 is 27.7 Å². The van der Waals surface area contributed by atoms with Crippen molar-refractivity contribution in [1.29, 1.82) is 0 Å². The van der Waals surface area contributed by atoms with Crippen molar-refractivity contribution in [3.8, 4) is 0 Å². The molecule has 26 heavy (non-hydrogen) atoms. The van der Waals surface area contributed by atoms with Gasteiger partial charge in [-0.1, -0.05) is 13.0 Å². The maximum atomic E-state index is 13.3. The molecular formula is C20H26BrFN2O2. The highest BCUT2D eigenvalue weighted by atomic mass is 79.9. The molecule has 1 saturated heterocycles. The molecule has 0 aromatic heterocycles. The molecule has 1 aliphatic carbocycles. The van der Waals surface area contributed by atoms with Gasteiger partial charge >= 0.3 is 0 Å². The van der Waals surface area contributed by atoms with E-state index >= 15 is 0 Å². The van der Waals surface area contributed by atoms with Gasteiger partial charge in [0.1, 0.15) is 5.82 Å². The summed E-state index contributed by atoms with van der Waals surface area (Å²) in [5.74, 6) is 0.255. The average Bonchev–Trinajstić information content (AvgIpc) is 2.60. The Morgan fingerprint density at radius 3 is 2.81 bits per heavy atom. The molecule has 0 bridgehead atoms. The second-order valence-corrected chi connectivity index (χ2v) is 8.33. The first-order valence-corrected chi connectivity index (χ1v) is 10.3. The van der Waals surface area contributed by atoms with Gasteiger partial charge in [0.25, 0.3) is 0 Å². The Bertz CT molecular complexity index is 676. The van der Waals surface area contributed by atoms with E-state index in [-0.39, 0.29) is 29.6 Å². The third-order valence-corrected chi connectivity index (χ3v) is 6.12. The molecule has 3 rings (SSSR count). The molecule has 2 amide bonds. The highest BCUT2D eigenvalue weighted by Gasteiger charge is 2.34. The summed E-state index contributed by atoms with van der Waals surface area (Å²) >= 11 is 3.23. The first kappa shape index (κ1) is 19.3. The molecular weight excluding hydrogens is 399 g/mol. The molecule has 1 aromatic carbocycles. The van der Waals surface area contributed by atoms with Gasteiger partial charge in [0, 0.05) is 25.6 Å². The molecule has 1 N–H and O–H groups in total. The Kier molecular flexibility index (Phi) is 6.33. The lowest BCUT2D eigenvalue weighted by Crippen LogP contribution is -2.50. The van der Waals surface area contributed by atoms with Gasteiger partial charge < -0.3 is 10.2 Å². The van der Waals surface area contributed by atoms with Gasteiger partial charge in [-0.3, -0.25) is 9.59 Å². The van der Waals surface area contributed by atoms with Crippen molar-refractivity contribution in [3.63, 3.8) is 0 Å². The van der Waals surface area contributed by atoms with E-state index in [4.69, 9.17) is 0 Å². The van der Waals surface area contributed by atoms with E-state index in [0.717, 1.165) is 44.2 Å². The number of benzene rings is 1. The van der Waals surface area contributed by atoms with Crippen LogP contribution >= 0.6 is 15.9 Å². The topological polar surface area (TPSA) is 49.4 Å². The van der Waals surface area contributed by atoms with E-state index in [1.807, 2.05) is 24.0 Å². The summed E-state index contributed by atoms with van der Waals surface area (Å²) in [6.45, 7) is 3.32. The molecule has 1 aliphatic heterocycles. The van der Waals surface area contributed by atoms with Gasteiger partial charge in [0.15, 0.2) is 0 Å². The maximum absolute atomic E-state index is 13.3. The van der Waals surface area contributed by atoms with Crippen molar-refractivity contribution in [1.82, 2.24) is 10.2 Å². The van der Waals surface area contributed by atoms with Gasteiger partial charge in [-0.2, -0.15) is 0 Å². The minimum absolute atomic E-state index is 0.0720. The van der Waals surface area contributed by atoms with Crippen LogP contribution in [0.3, 0.4) is 0 Å². The molecule has 1 saturated carbocycles. The lowest BCUT2D eigenvalue weighted by molar-refractivity contribution is -0.136. The van der Waals surface area contributed by atoms with Gasteiger partial charge in [0.2, 0.25) is 11.8 Å². The average molecular weight is 425 g/mol. The SMILES string of the molecule is CCCC(=O)N1CCCC(C(=O)NC2CC(c3ccc(F)c(Br)c3)C2)C1. The minimum atomic E-state index is -0.252. The van der Waals surface area contributed by atoms with E-state index in [0.29, 0.717) is 23.4 Å². The van der Waals surface area contributed by atoms with E-state index < -0.39 is 0 Å². The fourth-order valence-electron chi connectivity index (χ4n) is 3.88. The largest absolute Gasteiger partial charge is 0.353 e. The first-order valence-electron chi connectivity index (χ1n) is 9.51. The van der Waals surface area contributed by atoms with Crippen molar-refractivity contribution in [2.24, 2.45) is 5.92 Å². The fourth-order valence-corrected chi connectivity index (χ4v) is 4.28. The Morgan fingerprint density at radius 2 is 2.12 bits per heavy atom. The van der Waals surface area contributed by atoms with Crippen LogP contribution in [0.5, 0.6) is 0 Å². The predicted molar refractivity (Wildman–Crippen MR) is 102 cm³/mol. The number of likely N-dealkylation sites (tertiary alicyclic amines) is 1. The van der Waals surface area contributed by atoms with Crippen molar-refractivity contribution in [2.45, 2.75) is 57.4 Å². The smallest absolute Gasteiger partial charge is 0.225 e. The summed E-state index contributed by atoms with van der Waals surface area (Å²) < 4.78 is 13.8. The van der Waals surface area contributed by atoms with Crippen LogP contribution in [0.15, 0.2) is 22.7 Å². The summed E-state index contributed by atoms with van der Waals surface area (Å²) in [6.07, 6.45) is 4.91. The highest BCUT2D eigenvalue weighted by Crippen LogP contribution is 2.38. The second kappa shape index (κ2) is 8.51. The Labute approximate surface area is 162 Å². The number of halogens is 2. The number of nitrogens with zero attached hydrogens (tertiary/aromatic N) is 1. The Morgan fingerprint density at radius 1 is 1.35 bits per heavy atom. The summed E-state index contributed by atoms with van der Waals surface area (Å²) in [5.41, 5.74) is 1.11. The molecule has 1 heterocycles. The maximum Gasteiger partial charge on any atom is 0.225 e. The normalized spacial score (nSPS) is 25.5. The number of rotatable bonds is 5. The summed E-state index contributed by atoms with van der Waals surface area (Å²) in [5, 5.41) is 3.14. The zero-order valence-corrected chi connectivity index (χ0v) is 16.7. The lowest BCUT2D eigenvalue weighted by atomic mass is 9.75. The number of hydrogen-bond donors (Lipinski definition) is 1. The van der Waals surface area contributed by atoms with Crippen LogP contribution in [-0.2, 0) is 9.59 Å². The van der Waals surface area contributed by atoms with Gasteiger partial charge in [-0.05, 0) is 71.6 Å². The van der Waals surface area contributed by atoms with Crippen LogP contribution in [0.1, 0.15) is 56.9 Å². The van der Waals surface area contributed by atoms with E-state index in [2.05, 4.69) is 21.2 Å². The van der Waals surface area contributed by atoms with Crippen LogP contribution in [0.4, 0.5) is 4.39 Å². The van der Waals surface area contributed by atoms with Crippen LogP contribution in [0, 0.1) is 11.7 Å². The third kappa shape index (κ3) is 4.45. The van der Waals surface area contributed by atoms with E-state index in [9.17, 15) is 14.0 Å². The van der Waals surface area contributed by atoms with Crippen LogP contribution < -0.4 is 5.32 Å². The number of carbonyl (C=O) groups excluding carboxylic acids is 2. The summed E-state index contributed by atoms with van der Waals surface area (Å²) in [4.78, 5) is 26.5. The number of carbonyl (C=O) groups is 2. The molecule has 142 valence electrons. The first-order chi connectivity index (χ1) is 12.5. The molecule has 6 heteroatoms. The predicted octanol–water partition coefficient (Wildman–Crippen LogP) is 3.99. The zero-order valence-electron chi connectivity index (χ0n) is 15.1. The zero-order chi connectivity index (χ0) is 18.7. The monoisotopic (exact) mass is 424 g/mol. The number of nitrogens with one attached hydrogen (secondary N) is 1. The van der Waals surface area contributed by atoms with Gasteiger partial charge in [-0.15, -0.1) is 0 Å². The van der Waals surface area contributed by atoms with Crippen LogP contribution in [0.25, 0.3) is 0 Å². The van der Waals surface area contributed by atoms with Crippen LogP contribution in [-0.4, -0.2) is 35.8 Å². The quantitative estimate of drug-likeness (QED) is 0.776. The third-order valence-electron chi connectivity index (χ3n) is 5.51. The number of piperidine rings is 1. The van der Waals surface area contributed by atoms with Gasteiger partial charge in [-0.25, -0.2) is 4.39 Å². The van der Waals surface area contributed by atoms with E-state index in [1.165, 1.54) is 6.07 Å². The summed E-state index contributed by atoms with van der Waals surface area (Å²) in [6, 6.07) is 5.31. The molecule has 0 spiro atoms. The molecule has 4 nitrogen and oxygen atoms in total. The lowest BCUT2D eigenvalue weighted by Gasteiger charge is -2.38. The second-order valence-electron chi connectivity index (χ2n) is 7.48. The van der Waals surface area contributed by atoms with Crippen molar-refractivity contribution in [2.75, 3.05) is 13.1 Å². The minimum Gasteiger partial charge on any atom is -0.353 e. The molecule has 1 unspecified atom stereocenters. The highest BCUT2D eigenvalue weighted by molar-refractivity contribution is 9.10. The Hall–Kier alpha value is -1.43. The van der Waals surface area contributed by atoms with Crippen molar-refractivity contribution < 1.29 is 14.0 Å².